The minimum Gasteiger partial charge on any atom is -0.481 e. The first-order valence-electron chi connectivity index (χ1n) is 5.85. The van der Waals surface area contributed by atoms with Crippen LogP contribution >= 0.6 is 0 Å². The number of pyridine rings is 1. The number of amides is 1. The van der Waals surface area contributed by atoms with Crippen molar-refractivity contribution in [3.63, 3.8) is 0 Å². The second kappa shape index (κ2) is 4.40. The summed E-state index contributed by atoms with van der Waals surface area (Å²) in [5.41, 5.74) is 0.302. The van der Waals surface area contributed by atoms with Crippen molar-refractivity contribution in [1.82, 2.24) is 10.3 Å². The van der Waals surface area contributed by atoms with E-state index in [9.17, 15) is 9.59 Å². The van der Waals surface area contributed by atoms with Gasteiger partial charge < -0.3 is 10.4 Å². The molecule has 1 amide bonds. The molecule has 0 radical (unpaired) electrons. The Morgan fingerprint density at radius 2 is 2.11 bits per heavy atom. The van der Waals surface area contributed by atoms with E-state index in [0.717, 1.165) is 5.69 Å². The molecule has 2 N–H and O–H groups in total. The highest BCUT2D eigenvalue weighted by atomic mass is 16.4. The van der Waals surface area contributed by atoms with E-state index < -0.39 is 23.2 Å². The third-order valence-electron chi connectivity index (χ3n) is 3.55. The molecule has 0 bridgehead atoms. The first kappa shape index (κ1) is 12.5. The number of aliphatic carboxylic acids is 1. The summed E-state index contributed by atoms with van der Waals surface area (Å²) >= 11 is 0. The maximum absolute atomic E-state index is 11.9. The average molecular weight is 248 g/mol. The molecule has 5 nitrogen and oxygen atoms in total. The zero-order valence-electron chi connectivity index (χ0n) is 10.4. The van der Waals surface area contributed by atoms with Gasteiger partial charge in [-0.05, 0) is 17.5 Å². The second-order valence-corrected chi connectivity index (χ2v) is 5.15. The summed E-state index contributed by atoms with van der Waals surface area (Å²) in [5, 5.41) is 11.7. The SMILES string of the molecule is CC1(C)C(C(=O)O)C1C(=O)NCc1ccccn1. The van der Waals surface area contributed by atoms with Crippen molar-refractivity contribution < 1.29 is 14.7 Å². The summed E-state index contributed by atoms with van der Waals surface area (Å²) in [4.78, 5) is 27.0. The second-order valence-electron chi connectivity index (χ2n) is 5.15. The van der Waals surface area contributed by atoms with E-state index in [4.69, 9.17) is 5.11 Å². The number of carbonyl (C=O) groups is 2. The van der Waals surface area contributed by atoms with Gasteiger partial charge in [0.15, 0.2) is 0 Å². The molecule has 18 heavy (non-hydrogen) atoms. The topological polar surface area (TPSA) is 79.3 Å². The number of hydrogen-bond donors (Lipinski definition) is 2. The van der Waals surface area contributed by atoms with Crippen LogP contribution in [-0.2, 0) is 16.1 Å². The predicted octanol–water partition coefficient (Wildman–Crippen LogP) is 1.05. The van der Waals surface area contributed by atoms with Crippen LogP contribution in [0.1, 0.15) is 19.5 Å². The third kappa shape index (κ3) is 2.20. The fourth-order valence-electron chi connectivity index (χ4n) is 2.38. The largest absolute Gasteiger partial charge is 0.481 e. The molecule has 0 aliphatic heterocycles. The molecule has 2 rings (SSSR count). The summed E-state index contributed by atoms with van der Waals surface area (Å²) in [6.45, 7) is 3.94. The van der Waals surface area contributed by atoms with Crippen molar-refractivity contribution in [2.45, 2.75) is 20.4 Å². The molecular formula is C13H16N2O3. The minimum absolute atomic E-state index is 0.210. The van der Waals surface area contributed by atoms with Crippen LogP contribution < -0.4 is 5.32 Å². The maximum Gasteiger partial charge on any atom is 0.307 e. The lowest BCUT2D eigenvalue weighted by atomic mass is 10.1. The van der Waals surface area contributed by atoms with E-state index in [0.29, 0.717) is 6.54 Å². The molecule has 5 heteroatoms. The van der Waals surface area contributed by atoms with Crippen LogP contribution in [0.15, 0.2) is 24.4 Å². The highest BCUT2D eigenvalue weighted by molar-refractivity contribution is 5.91. The quantitative estimate of drug-likeness (QED) is 0.834. The van der Waals surface area contributed by atoms with E-state index >= 15 is 0 Å². The van der Waals surface area contributed by atoms with Gasteiger partial charge in [-0.3, -0.25) is 14.6 Å². The summed E-state index contributed by atoms with van der Waals surface area (Å²) in [6.07, 6.45) is 1.66. The lowest BCUT2D eigenvalue weighted by Crippen LogP contribution is -2.27. The Hall–Kier alpha value is -1.91. The lowest BCUT2D eigenvalue weighted by Gasteiger charge is -2.05. The molecule has 1 aliphatic carbocycles. The number of rotatable bonds is 4. The monoisotopic (exact) mass is 248 g/mol. The predicted molar refractivity (Wildman–Crippen MR) is 64.5 cm³/mol. The number of carbonyl (C=O) groups excluding carboxylic acids is 1. The van der Waals surface area contributed by atoms with Crippen molar-refractivity contribution >= 4 is 11.9 Å². The van der Waals surface area contributed by atoms with Crippen molar-refractivity contribution in [1.29, 1.82) is 0 Å². The van der Waals surface area contributed by atoms with Gasteiger partial charge >= 0.3 is 5.97 Å². The van der Waals surface area contributed by atoms with Crippen LogP contribution in [-0.4, -0.2) is 22.0 Å². The Bertz CT molecular complexity index is 470. The molecule has 1 aromatic heterocycles. The number of aromatic nitrogens is 1. The molecule has 0 saturated heterocycles. The fraction of sp³-hybridized carbons (Fsp3) is 0.462. The zero-order chi connectivity index (χ0) is 13.3. The Morgan fingerprint density at radius 1 is 1.39 bits per heavy atom. The minimum atomic E-state index is -0.905. The molecule has 0 aromatic carbocycles. The Balaban J connectivity index is 1.93. The van der Waals surface area contributed by atoms with E-state index in [-0.39, 0.29) is 5.91 Å². The van der Waals surface area contributed by atoms with Gasteiger partial charge in [0, 0.05) is 6.20 Å². The van der Waals surface area contributed by atoms with Gasteiger partial charge in [-0.2, -0.15) is 0 Å². The highest BCUT2D eigenvalue weighted by Crippen LogP contribution is 2.58. The summed E-state index contributed by atoms with van der Waals surface area (Å²) in [6, 6.07) is 5.46. The first-order chi connectivity index (χ1) is 8.44. The van der Waals surface area contributed by atoms with E-state index in [2.05, 4.69) is 10.3 Å². The van der Waals surface area contributed by atoms with Crippen LogP contribution in [0.3, 0.4) is 0 Å². The molecule has 96 valence electrons. The molecule has 1 saturated carbocycles. The summed E-state index contributed by atoms with van der Waals surface area (Å²) in [5.74, 6) is -2.14. The van der Waals surface area contributed by atoms with Crippen molar-refractivity contribution in [3.05, 3.63) is 30.1 Å². The normalized spacial score (nSPS) is 24.3. The first-order valence-corrected chi connectivity index (χ1v) is 5.85. The van der Waals surface area contributed by atoms with Crippen molar-refractivity contribution in [2.75, 3.05) is 0 Å². The number of carboxylic acid groups (broad SMARTS) is 1. The van der Waals surface area contributed by atoms with E-state index in [1.807, 2.05) is 12.1 Å². The van der Waals surface area contributed by atoms with Crippen LogP contribution in [0, 0.1) is 17.3 Å². The van der Waals surface area contributed by atoms with Crippen LogP contribution in [0.2, 0.25) is 0 Å². The van der Waals surface area contributed by atoms with Gasteiger partial charge in [0.25, 0.3) is 0 Å². The number of carboxylic acids is 1. The fourth-order valence-corrected chi connectivity index (χ4v) is 2.38. The van der Waals surface area contributed by atoms with Crippen LogP contribution in [0.4, 0.5) is 0 Å². The smallest absolute Gasteiger partial charge is 0.307 e. The van der Waals surface area contributed by atoms with Gasteiger partial charge in [-0.25, -0.2) is 0 Å². The average Bonchev–Trinajstić information content (AvgIpc) is 2.91. The van der Waals surface area contributed by atoms with Crippen LogP contribution in [0.5, 0.6) is 0 Å². The molecule has 0 spiro atoms. The standard InChI is InChI=1S/C13H16N2O3/c1-13(2)9(10(13)12(17)18)11(16)15-7-8-5-3-4-6-14-8/h3-6,9-10H,7H2,1-2H3,(H,15,16)(H,17,18). The number of hydrogen-bond acceptors (Lipinski definition) is 3. The van der Waals surface area contributed by atoms with E-state index in [1.54, 1.807) is 26.1 Å². The van der Waals surface area contributed by atoms with Gasteiger partial charge in [-0.1, -0.05) is 19.9 Å². The van der Waals surface area contributed by atoms with Gasteiger partial charge in [0.05, 0.1) is 24.1 Å². The van der Waals surface area contributed by atoms with Gasteiger partial charge in [0.2, 0.25) is 5.91 Å². The van der Waals surface area contributed by atoms with Crippen molar-refractivity contribution in [2.24, 2.45) is 17.3 Å². The van der Waals surface area contributed by atoms with E-state index in [1.165, 1.54) is 0 Å². The van der Waals surface area contributed by atoms with Crippen LogP contribution in [0.25, 0.3) is 0 Å². The summed E-state index contributed by atoms with van der Waals surface area (Å²) < 4.78 is 0. The maximum atomic E-state index is 11.9. The molecule has 2 unspecified atom stereocenters. The number of nitrogens with one attached hydrogen (secondary N) is 1. The molecular weight excluding hydrogens is 232 g/mol. The van der Waals surface area contributed by atoms with Gasteiger partial charge in [-0.15, -0.1) is 0 Å². The molecule has 2 atom stereocenters. The molecule has 1 aliphatic rings. The number of nitrogens with zero attached hydrogens (tertiary/aromatic N) is 1. The highest BCUT2D eigenvalue weighted by Gasteiger charge is 2.65. The molecule has 1 fully saturated rings. The van der Waals surface area contributed by atoms with Crippen molar-refractivity contribution in [3.8, 4) is 0 Å². The third-order valence-corrected chi connectivity index (χ3v) is 3.55. The lowest BCUT2D eigenvalue weighted by molar-refractivity contribution is -0.140. The summed E-state index contributed by atoms with van der Waals surface area (Å²) in [7, 11) is 0. The Kier molecular flexibility index (Phi) is 3.07. The Morgan fingerprint density at radius 3 is 2.61 bits per heavy atom. The van der Waals surface area contributed by atoms with Gasteiger partial charge in [0.1, 0.15) is 0 Å². The molecule has 1 heterocycles. The Labute approximate surface area is 105 Å². The zero-order valence-corrected chi connectivity index (χ0v) is 10.4. The molecule has 1 aromatic rings.